The summed E-state index contributed by atoms with van der Waals surface area (Å²) in [6.45, 7) is 1.90. The molecule has 0 saturated heterocycles. The lowest BCUT2D eigenvalue weighted by Gasteiger charge is -1.90. The highest BCUT2D eigenvalue weighted by molar-refractivity contribution is 5.31. The molecule has 2 nitrogen and oxygen atoms in total. The summed E-state index contributed by atoms with van der Waals surface area (Å²) in [6.07, 6.45) is 6.05. The maximum Gasteiger partial charge on any atom is 0.152 e. The second-order valence-electron chi connectivity index (χ2n) is 2.40. The van der Waals surface area contributed by atoms with E-state index in [2.05, 4.69) is 5.18 Å². The van der Waals surface area contributed by atoms with Gasteiger partial charge in [-0.05, 0) is 23.2 Å². The van der Waals surface area contributed by atoms with Gasteiger partial charge < -0.3 is 0 Å². The molecule has 0 aromatic carbocycles. The molecule has 0 aliphatic heterocycles. The van der Waals surface area contributed by atoms with Crippen molar-refractivity contribution >= 4 is 0 Å². The van der Waals surface area contributed by atoms with Gasteiger partial charge in [-0.25, -0.2) is 4.39 Å². The van der Waals surface area contributed by atoms with Crippen molar-refractivity contribution in [1.29, 1.82) is 0 Å². The van der Waals surface area contributed by atoms with Crippen LogP contribution in [0.4, 0.5) is 4.39 Å². The Labute approximate surface area is 64.1 Å². The van der Waals surface area contributed by atoms with Gasteiger partial charge in [0.05, 0.1) is 0 Å². The molecule has 11 heavy (non-hydrogen) atoms. The van der Waals surface area contributed by atoms with Crippen molar-refractivity contribution in [3.63, 3.8) is 0 Å². The maximum absolute atomic E-state index is 12.7. The van der Waals surface area contributed by atoms with Gasteiger partial charge in [-0.1, -0.05) is 19.1 Å². The Morgan fingerprint density at radius 2 is 2.09 bits per heavy atom. The van der Waals surface area contributed by atoms with Crippen LogP contribution in [0.25, 0.3) is 0 Å². The molecule has 0 aromatic heterocycles. The largest absolute Gasteiger partial charge is 0.204 e. The van der Waals surface area contributed by atoms with Crippen LogP contribution in [0, 0.1) is 10.8 Å². The van der Waals surface area contributed by atoms with E-state index in [0.717, 1.165) is 0 Å². The summed E-state index contributed by atoms with van der Waals surface area (Å²) in [5.74, 6) is -0.416. The molecular formula is C8H8FNO. The van der Waals surface area contributed by atoms with E-state index in [0.29, 0.717) is 0 Å². The molecule has 1 aliphatic carbocycles. The van der Waals surface area contributed by atoms with E-state index < -0.39 is 5.83 Å². The third-order valence-electron chi connectivity index (χ3n) is 1.45. The number of halogens is 1. The molecule has 3 heteroatoms. The highest BCUT2D eigenvalue weighted by atomic mass is 19.1. The summed E-state index contributed by atoms with van der Waals surface area (Å²) in [5, 5.41) is 2.54. The second-order valence-corrected chi connectivity index (χ2v) is 2.40. The van der Waals surface area contributed by atoms with E-state index >= 15 is 0 Å². The van der Waals surface area contributed by atoms with Crippen molar-refractivity contribution in [1.82, 2.24) is 0 Å². The van der Waals surface area contributed by atoms with Crippen LogP contribution >= 0.6 is 0 Å². The first-order chi connectivity index (χ1) is 5.24. The minimum absolute atomic E-state index is 0.134. The van der Waals surface area contributed by atoms with E-state index in [9.17, 15) is 9.30 Å². The average molecular weight is 153 g/mol. The van der Waals surface area contributed by atoms with Crippen molar-refractivity contribution in [3.8, 4) is 0 Å². The standard InChI is InChI=1S/C8H8FNO/c1-6-2-4-7(9)8(10-11)5-3-6/h2-6H,1H3. The molecule has 0 N–H and O–H groups in total. The van der Waals surface area contributed by atoms with Gasteiger partial charge in [-0.15, -0.1) is 4.91 Å². The summed E-state index contributed by atoms with van der Waals surface area (Å²) in [7, 11) is 0. The second kappa shape index (κ2) is 3.23. The fourth-order valence-electron chi connectivity index (χ4n) is 0.782. The fourth-order valence-corrected chi connectivity index (χ4v) is 0.782. The first kappa shape index (κ1) is 7.85. The van der Waals surface area contributed by atoms with Gasteiger partial charge in [0.15, 0.2) is 5.83 Å². The van der Waals surface area contributed by atoms with Crippen LogP contribution in [0.2, 0.25) is 0 Å². The van der Waals surface area contributed by atoms with E-state index in [4.69, 9.17) is 0 Å². The van der Waals surface area contributed by atoms with Crippen molar-refractivity contribution < 1.29 is 4.39 Å². The van der Waals surface area contributed by atoms with Crippen molar-refractivity contribution in [2.75, 3.05) is 0 Å². The van der Waals surface area contributed by atoms with Gasteiger partial charge in [-0.3, -0.25) is 0 Å². The lowest BCUT2D eigenvalue weighted by Crippen LogP contribution is -1.78. The number of hydrogen-bond donors (Lipinski definition) is 0. The van der Waals surface area contributed by atoms with E-state index in [1.165, 1.54) is 12.2 Å². The number of nitroso groups, excluding NO2 is 1. The summed E-state index contributed by atoms with van der Waals surface area (Å²) in [5.41, 5.74) is -0.134. The molecule has 0 fully saturated rings. The predicted octanol–water partition coefficient (Wildman–Crippen LogP) is 2.70. The predicted molar refractivity (Wildman–Crippen MR) is 41.4 cm³/mol. The molecule has 0 heterocycles. The summed E-state index contributed by atoms with van der Waals surface area (Å²) < 4.78 is 12.7. The van der Waals surface area contributed by atoms with Gasteiger partial charge in [0, 0.05) is 0 Å². The number of nitrogens with zero attached hydrogens (tertiary/aromatic N) is 1. The molecule has 0 aromatic rings. The molecule has 0 amide bonds. The van der Waals surface area contributed by atoms with E-state index in [1.54, 1.807) is 12.2 Å². The molecule has 0 radical (unpaired) electrons. The molecule has 1 rings (SSSR count). The summed E-state index contributed by atoms with van der Waals surface area (Å²) in [6, 6.07) is 0. The smallest absolute Gasteiger partial charge is 0.152 e. The van der Waals surface area contributed by atoms with Crippen LogP contribution in [0.15, 0.2) is 41.0 Å². The highest BCUT2D eigenvalue weighted by Crippen LogP contribution is 2.17. The Hall–Kier alpha value is -1.25. The average Bonchev–Trinajstić information content (AvgIpc) is 2.15. The monoisotopic (exact) mass is 153 g/mol. The fraction of sp³-hybridized carbons (Fsp3) is 0.250. The van der Waals surface area contributed by atoms with Crippen molar-refractivity contribution in [3.05, 3.63) is 40.7 Å². The van der Waals surface area contributed by atoms with Crippen molar-refractivity contribution in [2.24, 2.45) is 11.1 Å². The highest BCUT2D eigenvalue weighted by Gasteiger charge is 2.04. The van der Waals surface area contributed by atoms with Crippen LogP contribution < -0.4 is 0 Å². The molecular weight excluding hydrogens is 145 g/mol. The Balaban J connectivity index is 2.99. The number of rotatable bonds is 1. The molecule has 1 atom stereocenters. The normalized spacial score (nSPS) is 23.6. The lowest BCUT2D eigenvalue weighted by molar-refractivity contribution is 0.656. The molecule has 1 unspecified atom stereocenters. The van der Waals surface area contributed by atoms with Crippen LogP contribution in [-0.4, -0.2) is 0 Å². The minimum Gasteiger partial charge on any atom is -0.204 e. The zero-order chi connectivity index (χ0) is 8.27. The zero-order valence-corrected chi connectivity index (χ0v) is 6.12. The van der Waals surface area contributed by atoms with E-state index in [1.807, 2.05) is 6.92 Å². The van der Waals surface area contributed by atoms with Gasteiger partial charge in [-0.2, -0.15) is 0 Å². The SMILES string of the molecule is CC1C=CC(F)=C(N=O)C=C1. The quantitative estimate of drug-likeness (QED) is 0.532. The van der Waals surface area contributed by atoms with E-state index in [-0.39, 0.29) is 11.6 Å². The molecule has 1 aliphatic rings. The first-order valence-electron chi connectivity index (χ1n) is 3.33. The van der Waals surface area contributed by atoms with Crippen LogP contribution in [0.1, 0.15) is 6.92 Å². The number of allylic oxidation sites excluding steroid dienone is 5. The first-order valence-corrected chi connectivity index (χ1v) is 3.33. The van der Waals surface area contributed by atoms with Crippen molar-refractivity contribution in [2.45, 2.75) is 6.92 Å². The third kappa shape index (κ3) is 1.83. The van der Waals surface area contributed by atoms with Gasteiger partial charge in [0.25, 0.3) is 0 Å². The Bertz CT molecular complexity index is 253. The van der Waals surface area contributed by atoms with Gasteiger partial charge in [0.1, 0.15) is 5.70 Å². The summed E-state index contributed by atoms with van der Waals surface area (Å²) >= 11 is 0. The molecule has 0 spiro atoms. The Morgan fingerprint density at radius 1 is 1.45 bits per heavy atom. The van der Waals surface area contributed by atoms with Gasteiger partial charge >= 0.3 is 0 Å². The maximum atomic E-state index is 12.7. The minimum atomic E-state index is -0.569. The Morgan fingerprint density at radius 3 is 2.73 bits per heavy atom. The van der Waals surface area contributed by atoms with Crippen LogP contribution in [-0.2, 0) is 0 Å². The zero-order valence-electron chi connectivity index (χ0n) is 6.12. The topological polar surface area (TPSA) is 29.4 Å². The Kier molecular flexibility index (Phi) is 2.31. The van der Waals surface area contributed by atoms with Gasteiger partial charge in [0.2, 0.25) is 0 Å². The van der Waals surface area contributed by atoms with Crippen LogP contribution in [0.5, 0.6) is 0 Å². The summed E-state index contributed by atoms with van der Waals surface area (Å²) in [4.78, 5) is 10.00. The number of hydrogen-bond acceptors (Lipinski definition) is 2. The molecule has 0 saturated carbocycles. The lowest BCUT2D eigenvalue weighted by atomic mass is 10.2. The third-order valence-corrected chi connectivity index (χ3v) is 1.45. The molecule has 58 valence electrons. The van der Waals surface area contributed by atoms with Crippen LogP contribution in [0.3, 0.4) is 0 Å². The molecule has 0 bridgehead atoms.